The number of amides is 2. The molecule has 32 heavy (non-hydrogen) atoms. The van der Waals surface area contributed by atoms with E-state index in [1.807, 2.05) is 13.8 Å². The van der Waals surface area contributed by atoms with Gasteiger partial charge in [-0.15, -0.1) is 0 Å². The topological polar surface area (TPSA) is 63.7 Å². The molecule has 2 atom stereocenters. The Hall–Kier alpha value is -3.16. The van der Waals surface area contributed by atoms with Gasteiger partial charge in [0.1, 0.15) is 5.75 Å². The highest BCUT2D eigenvalue weighted by Gasteiger charge is 2.46. The maximum atomic E-state index is 12.9. The Labute approximate surface area is 184 Å². The van der Waals surface area contributed by atoms with Gasteiger partial charge in [0, 0.05) is 0 Å². The summed E-state index contributed by atoms with van der Waals surface area (Å²) >= 11 is 0. The molecule has 0 radical (unpaired) electrons. The van der Waals surface area contributed by atoms with Gasteiger partial charge in [0.05, 0.1) is 28.7 Å². The van der Waals surface area contributed by atoms with Crippen LogP contribution < -0.4 is 9.64 Å². The number of rotatable bonds is 7. The number of ether oxygens (including phenoxy) is 1. The molecular weight excluding hydrogens is 423 g/mol. The van der Waals surface area contributed by atoms with Crippen LogP contribution in [0.4, 0.5) is 18.9 Å². The quantitative estimate of drug-likeness (QED) is 0.314. The van der Waals surface area contributed by atoms with E-state index in [4.69, 9.17) is 4.74 Å². The van der Waals surface area contributed by atoms with E-state index in [0.717, 1.165) is 37.1 Å². The van der Waals surface area contributed by atoms with Crippen molar-refractivity contribution in [2.45, 2.75) is 45.7 Å². The van der Waals surface area contributed by atoms with E-state index < -0.39 is 17.7 Å². The highest BCUT2D eigenvalue weighted by Crippen LogP contribution is 2.36. The van der Waals surface area contributed by atoms with E-state index >= 15 is 0 Å². The third-order valence-corrected chi connectivity index (χ3v) is 5.51. The maximum absolute atomic E-state index is 12.9. The van der Waals surface area contributed by atoms with Crippen molar-refractivity contribution in [3.8, 4) is 5.75 Å². The number of imide groups is 1. The van der Waals surface area contributed by atoms with Gasteiger partial charge in [0.25, 0.3) is 0 Å². The van der Waals surface area contributed by atoms with Gasteiger partial charge >= 0.3 is 12.1 Å². The Balaban J connectivity index is 1.72. The van der Waals surface area contributed by atoms with Crippen LogP contribution in [0.15, 0.2) is 48.5 Å². The molecule has 1 heterocycles. The summed E-state index contributed by atoms with van der Waals surface area (Å²) in [6.45, 7) is 3.95. The maximum Gasteiger partial charge on any atom is 0.416 e. The van der Waals surface area contributed by atoms with Gasteiger partial charge in [-0.2, -0.15) is 13.2 Å². The number of benzene rings is 2. The molecule has 0 aromatic heterocycles. The molecule has 2 unspecified atom stereocenters. The molecule has 170 valence electrons. The first-order valence-corrected chi connectivity index (χ1v) is 10.5. The predicted octanol–water partition coefficient (Wildman–Crippen LogP) is 5.63. The van der Waals surface area contributed by atoms with Crippen LogP contribution in [0.1, 0.15) is 55.5 Å². The van der Waals surface area contributed by atoms with Gasteiger partial charge in [0.2, 0.25) is 11.8 Å². The summed E-state index contributed by atoms with van der Waals surface area (Å²) in [4.78, 5) is 39.2. The normalized spacial score (nSPS) is 18.8. The second-order valence-electron chi connectivity index (χ2n) is 7.76. The summed E-state index contributed by atoms with van der Waals surface area (Å²) in [6.07, 6.45) is -1.59. The van der Waals surface area contributed by atoms with Crippen LogP contribution in [-0.4, -0.2) is 17.8 Å². The minimum absolute atomic E-state index is 0.0308. The third-order valence-electron chi connectivity index (χ3n) is 5.51. The van der Waals surface area contributed by atoms with Gasteiger partial charge in [0.15, 0.2) is 0 Å². The fourth-order valence-electron chi connectivity index (χ4n) is 3.93. The molecule has 0 spiro atoms. The fourth-order valence-corrected chi connectivity index (χ4v) is 3.93. The summed E-state index contributed by atoms with van der Waals surface area (Å²) < 4.78 is 43.2. The number of carbonyl (C=O) groups is 3. The lowest BCUT2D eigenvalue weighted by atomic mass is 9.88. The minimum atomic E-state index is -4.49. The molecule has 2 aromatic carbocycles. The zero-order valence-corrected chi connectivity index (χ0v) is 17.8. The first-order valence-electron chi connectivity index (χ1n) is 10.5. The Bertz CT molecular complexity index is 960. The molecule has 1 fully saturated rings. The molecule has 0 bridgehead atoms. The van der Waals surface area contributed by atoms with Crippen molar-refractivity contribution in [1.82, 2.24) is 0 Å². The Kier molecular flexibility index (Phi) is 7.01. The summed E-state index contributed by atoms with van der Waals surface area (Å²) in [7, 11) is 0. The van der Waals surface area contributed by atoms with E-state index in [-0.39, 0.29) is 35.0 Å². The van der Waals surface area contributed by atoms with Gasteiger partial charge in [-0.1, -0.05) is 26.7 Å². The highest BCUT2D eigenvalue weighted by atomic mass is 19.4. The smallest absolute Gasteiger partial charge is 0.416 e. The molecule has 1 aliphatic heterocycles. The van der Waals surface area contributed by atoms with Crippen molar-refractivity contribution < 1.29 is 32.3 Å². The van der Waals surface area contributed by atoms with E-state index in [0.29, 0.717) is 18.5 Å². The van der Waals surface area contributed by atoms with E-state index in [2.05, 4.69) is 0 Å². The molecule has 1 saturated heterocycles. The standard InChI is InChI=1S/C24H24F3NO4/c1-3-5-19-20(6-4-2)22(30)28(21(19)29)17-11-13-18(14-12-17)32-23(31)15-7-9-16(10-8-15)24(25,26)27/h7-14,19-20H,3-6H2,1-2H3. The molecule has 0 N–H and O–H groups in total. The van der Waals surface area contributed by atoms with Crippen molar-refractivity contribution in [2.75, 3.05) is 4.90 Å². The number of esters is 1. The second kappa shape index (κ2) is 9.54. The summed E-state index contributed by atoms with van der Waals surface area (Å²) in [5.41, 5.74) is -0.494. The number of alkyl halides is 3. The molecular formula is C24H24F3NO4. The Morgan fingerprint density at radius 1 is 0.875 bits per heavy atom. The largest absolute Gasteiger partial charge is 0.423 e. The SMILES string of the molecule is CCCC1C(=O)N(c2ccc(OC(=O)c3ccc(C(F)(F)F)cc3)cc2)C(=O)C1CCC. The first kappa shape index (κ1) is 23.5. The number of anilines is 1. The minimum Gasteiger partial charge on any atom is -0.423 e. The predicted molar refractivity (Wildman–Crippen MR) is 112 cm³/mol. The van der Waals surface area contributed by atoms with Gasteiger partial charge in [-0.05, 0) is 61.4 Å². The Morgan fingerprint density at radius 3 is 1.81 bits per heavy atom. The summed E-state index contributed by atoms with van der Waals surface area (Å²) in [5, 5.41) is 0. The molecule has 0 aliphatic carbocycles. The van der Waals surface area contributed by atoms with Crippen LogP contribution in [0, 0.1) is 11.8 Å². The van der Waals surface area contributed by atoms with Crippen LogP contribution in [-0.2, 0) is 15.8 Å². The van der Waals surface area contributed by atoms with Crippen molar-refractivity contribution in [3.05, 3.63) is 59.7 Å². The van der Waals surface area contributed by atoms with Crippen LogP contribution in [0.3, 0.4) is 0 Å². The van der Waals surface area contributed by atoms with Gasteiger partial charge in [-0.25, -0.2) is 4.79 Å². The highest BCUT2D eigenvalue weighted by molar-refractivity contribution is 6.22. The lowest BCUT2D eigenvalue weighted by molar-refractivity contribution is -0.137. The summed E-state index contributed by atoms with van der Waals surface area (Å²) in [6, 6.07) is 9.63. The number of hydrogen-bond donors (Lipinski definition) is 0. The Morgan fingerprint density at radius 2 is 1.38 bits per heavy atom. The second-order valence-corrected chi connectivity index (χ2v) is 7.76. The summed E-state index contributed by atoms with van der Waals surface area (Å²) in [5.74, 6) is -1.76. The molecule has 2 amide bonds. The third kappa shape index (κ3) is 4.84. The van der Waals surface area contributed by atoms with Crippen molar-refractivity contribution in [2.24, 2.45) is 11.8 Å². The number of halogens is 3. The molecule has 1 aliphatic rings. The molecule has 0 saturated carbocycles. The van der Waals surface area contributed by atoms with Crippen molar-refractivity contribution in [1.29, 1.82) is 0 Å². The molecule has 2 aromatic rings. The lowest BCUT2D eigenvalue weighted by Gasteiger charge is -2.15. The van der Waals surface area contributed by atoms with Crippen molar-refractivity contribution >= 4 is 23.5 Å². The van der Waals surface area contributed by atoms with Gasteiger partial charge in [-0.3, -0.25) is 14.5 Å². The zero-order chi connectivity index (χ0) is 23.5. The zero-order valence-electron chi connectivity index (χ0n) is 17.8. The average Bonchev–Trinajstić information content (AvgIpc) is 2.98. The lowest BCUT2D eigenvalue weighted by Crippen LogP contribution is -2.30. The van der Waals surface area contributed by atoms with Crippen LogP contribution in [0.2, 0.25) is 0 Å². The molecule has 8 heteroatoms. The van der Waals surface area contributed by atoms with Crippen molar-refractivity contribution in [3.63, 3.8) is 0 Å². The van der Waals surface area contributed by atoms with Gasteiger partial charge < -0.3 is 4.74 Å². The number of hydrogen-bond acceptors (Lipinski definition) is 4. The van der Waals surface area contributed by atoms with Crippen LogP contribution >= 0.6 is 0 Å². The molecule has 3 rings (SSSR count). The number of carbonyl (C=O) groups excluding carboxylic acids is 3. The average molecular weight is 447 g/mol. The monoisotopic (exact) mass is 447 g/mol. The van der Waals surface area contributed by atoms with Crippen LogP contribution in [0.5, 0.6) is 5.75 Å². The first-order chi connectivity index (χ1) is 15.2. The fraction of sp³-hybridized carbons (Fsp3) is 0.375. The number of nitrogens with zero attached hydrogens (tertiary/aromatic N) is 1. The van der Waals surface area contributed by atoms with E-state index in [9.17, 15) is 27.6 Å². The van der Waals surface area contributed by atoms with E-state index in [1.165, 1.54) is 29.2 Å². The molecule has 5 nitrogen and oxygen atoms in total. The van der Waals surface area contributed by atoms with Crippen LogP contribution in [0.25, 0.3) is 0 Å². The van der Waals surface area contributed by atoms with E-state index in [1.54, 1.807) is 0 Å².